The molecule has 1 atom stereocenters. The normalized spacial score (nSPS) is 12.2. The molecule has 0 saturated heterocycles. The molecular formula is C15H15ClFNO. The minimum Gasteiger partial charge on any atom is -0.387 e. The largest absolute Gasteiger partial charge is 0.387 e. The Hall–Kier alpha value is -1.58. The molecule has 4 heteroatoms. The van der Waals surface area contributed by atoms with Crippen LogP contribution in [0.25, 0.3) is 0 Å². The number of aliphatic hydroxyl groups is 1. The van der Waals surface area contributed by atoms with E-state index in [1.54, 1.807) is 30.3 Å². The SMILES string of the molecule is Cc1cccc(F)c1NCC(O)c1ccc(Cl)cc1. The average molecular weight is 280 g/mol. The highest BCUT2D eigenvalue weighted by atomic mass is 35.5. The lowest BCUT2D eigenvalue weighted by molar-refractivity contribution is 0.191. The highest BCUT2D eigenvalue weighted by molar-refractivity contribution is 6.30. The molecule has 2 aromatic carbocycles. The molecule has 0 aliphatic heterocycles. The van der Waals surface area contributed by atoms with E-state index in [4.69, 9.17) is 11.6 Å². The molecule has 0 heterocycles. The first kappa shape index (κ1) is 13.8. The van der Waals surface area contributed by atoms with Crippen LogP contribution in [0.1, 0.15) is 17.2 Å². The molecule has 2 aromatic rings. The summed E-state index contributed by atoms with van der Waals surface area (Å²) in [6.45, 7) is 2.06. The standard InChI is InChI=1S/C15H15ClFNO/c1-10-3-2-4-13(17)15(10)18-9-14(19)11-5-7-12(16)8-6-11/h2-8,14,18-19H,9H2,1H3. The molecule has 0 fully saturated rings. The molecule has 19 heavy (non-hydrogen) atoms. The minimum absolute atomic E-state index is 0.239. The molecule has 0 bridgehead atoms. The smallest absolute Gasteiger partial charge is 0.146 e. The number of halogens is 2. The molecular weight excluding hydrogens is 265 g/mol. The van der Waals surface area contributed by atoms with Crippen molar-refractivity contribution < 1.29 is 9.50 Å². The van der Waals surface area contributed by atoms with Gasteiger partial charge in [-0.2, -0.15) is 0 Å². The lowest BCUT2D eigenvalue weighted by atomic mass is 10.1. The minimum atomic E-state index is -0.712. The van der Waals surface area contributed by atoms with Crippen molar-refractivity contribution in [3.05, 3.63) is 64.4 Å². The van der Waals surface area contributed by atoms with Gasteiger partial charge in [0.05, 0.1) is 11.8 Å². The van der Waals surface area contributed by atoms with Crippen molar-refractivity contribution in [2.75, 3.05) is 11.9 Å². The van der Waals surface area contributed by atoms with Gasteiger partial charge in [-0.25, -0.2) is 4.39 Å². The fraction of sp³-hybridized carbons (Fsp3) is 0.200. The molecule has 0 amide bonds. The van der Waals surface area contributed by atoms with Crippen LogP contribution in [-0.2, 0) is 0 Å². The first-order valence-corrected chi connectivity index (χ1v) is 6.38. The second-order valence-corrected chi connectivity index (χ2v) is 4.82. The highest BCUT2D eigenvalue weighted by Crippen LogP contribution is 2.21. The van der Waals surface area contributed by atoms with Gasteiger partial charge in [0.2, 0.25) is 0 Å². The van der Waals surface area contributed by atoms with Gasteiger partial charge in [-0.05, 0) is 36.2 Å². The molecule has 100 valence electrons. The molecule has 0 aromatic heterocycles. The fourth-order valence-electron chi connectivity index (χ4n) is 1.86. The monoisotopic (exact) mass is 279 g/mol. The van der Waals surface area contributed by atoms with E-state index in [0.29, 0.717) is 10.7 Å². The zero-order valence-corrected chi connectivity index (χ0v) is 11.3. The average Bonchev–Trinajstić information content (AvgIpc) is 2.38. The number of aryl methyl sites for hydroxylation is 1. The van der Waals surface area contributed by atoms with Gasteiger partial charge in [-0.1, -0.05) is 35.9 Å². The van der Waals surface area contributed by atoms with Gasteiger partial charge >= 0.3 is 0 Å². The van der Waals surface area contributed by atoms with Gasteiger partial charge < -0.3 is 10.4 Å². The van der Waals surface area contributed by atoms with Crippen LogP contribution >= 0.6 is 11.6 Å². The summed E-state index contributed by atoms with van der Waals surface area (Å²) in [5.74, 6) is -0.316. The number of benzene rings is 2. The van der Waals surface area contributed by atoms with Crippen molar-refractivity contribution in [1.82, 2.24) is 0 Å². The van der Waals surface area contributed by atoms with E-state index in [0.717, 1.165) is 11.1 Å². The second-order valence-electron chi connectivity index (χ2n) is 4.38. The van der Waals surface area contributed by atoms with Crippen LogP contribution in [-0.4, -0.2) is 11.7 Å². The molecule has 1 unspecified atom stereocenters. The zero-order chi connectivity index (χ0) is 13.8. The van der Waals surface area contributed by atoms with Gasteiger partial charge in [0.15, 0.2) is 0 Å². The Morgan fingerprint density at radius 3 is 2.53 bits per heavy atom. The maximum Gasteiger partial charge on any atom is 0.146 e. The maximum absolute atomic E-state index is 13.6. The number of rotatable bonds is 4. The third kappa shape index (κ3) is 3.46. The third-order valence-electron chi connectivity index (χ3n) is 2.95. The summed E-state index contributed by atoms with van der Waals surface area (Å²) in [7, 11) is 0. The van der Waals surface area contributed by atoms with E-state index in [2.05, 4.69) is 5.32 Å². The Morgan fingerprint density at radius 2 is 1.89 bits per heavy atom. The Balaban J connectivity index is 2.04. The molecule has 2 rings (SSSR count). The Morgan fingerprint density at radius 1 is 1.21 bits per heavy atom. The van der Waals surface area contributed by atoms with Crippen molar-refractivity contribution >= 4 is 17.3 Å². The molecule has 0 saturated carbocycles. The molecule has 0 spiro atoms. The van der Waals surface area contributed by atoms with Crippen LogP contribution in [0.3, 0.4) is 0 Å². The van der Waals surface area contributed by atoms with E-state index in [1.807, 2.05) is 13.0 Å². The number of anilines is 1. The van der Waals surface area contributed by atoms with E-state index in [1.165, 1.54) is 6.07 Å². The molecule has 2 N–H and O–H groups in total. The van der Waals surface area contributed by atoms with E-state index < -0.39 is 6.10 Å². The Kier molecular flexibility index (Phi) is 4.40. The molecule has 0 radical (unpaired) electrons. The quantitative estimate of drug-likeness (QED) is 0.889. The van der Waals surface area contributed by atoms with Crippen molar-refractivity contribution in [2.24, 2.45) is 0 Å². The Bertz CT molecular complexity index is 536. The van der Waals surface area contributed by atoms with Crippen molar-refractivity contribution in [1.29, 1.82) is 0 Å². The van der Waals surface area contributed by atoms with Gasteiger partial charge in [-0.3, -0.25) is 0 Å². The van der Waals surface area contributed by atoms with Gasteiger partial charge in [-0.15, -0.1) is 0 Å². The summed E-state index contributed by atoms with van der Waals surface area (Å²) in [4.78, 5) is 0. The van der Waals surface area contributed by atoms with Gasteiger partial charge in [0.1, 0.15) is 5.82 Å². The van der Waals surface area contributed by atoms with Crippen LogP contribution in [0, 0.1) is 12.7 Å². The summed E-state index contributed by atoms with van der Waals surface area (Å²) in [5, 5.41) is 13.6. The molecule has 0 aliphatic rings. The number of aliphatic hydroxyl groups excluding tert-OH is 1. The summed E-state index contributed by atoms with van der Waals surface area (Å²) in [6, 6.07) is 11.8. The zero-order valence-electron chi connectivity index (χ0n) is 10.5. The van der Waals surface area contributed by atoms with Crippen LogP contribution in [0.15, 0.2) is 42.5 Å². The number of nitrogens with one attached hydrogen (secondary N) is 1. The Labute approximate surface area is 116 Å². The first-order valence-electron chi connectivity index (χ1n) is 6.00. The molecule has 2 nitrogen and oxygen atoms in total. The summed E-state index contributed by atoms with van der Waals surface area (Å²) >= 11 is 5.78. The van der Waals surface area contributed by atoms with Crippen molar-refractivity contribution in [2.45, 2.75) is 13.0 Å². The van der Waals surface area contributed by atoms with E-state index >= 15 is 0 Å². The first-order chi connectivity index (χ1) is 9.08. The summed E-state index contributed by atoms with van der Waals surface area (Å²) in [5.41, 5.74) is 1.98. The lowest BCUT2D eigenvalue weighted by Crippen LogP contribution is -2.13. The molecule has 0 aliphatic carbocycles. The predicted molar refractivity (Wildman–Crippen MR) is 76.0 cm³/mol. The number of hydrogen-bond acceptors (Lipinski definition) is 2. The van der Waals surface area contributed by atoms with Gasteiger partial charge in [0, 0.05) is 11.6 Å². The maximum atomic E-state index is 13.6. The predicted octanol–water partition coefficient (Wildman–Crippen LogP) is 3.93. The summed E-state index contributed by atoms with van der Waals surface area (Å²) in [6.07, 6.45) is -0.712. The van der Waals surface area contributed by atoms with Crippen LogP contribution in [0.4, 0.5) is 10.1 Å². The summed E-state index contributed by atoms with van der Waals surface area (Å²) < 4.78 is 13.6. The fourth-order valence-corrected chi connectivity index (χ4v) is 1.98. The van der Waals surface area contributed by atoms with Crippen molar-refractivity contribution in [3.63, 3.8) is 0 Å². The highest BCUT2D eigenvalue weighted by Gasteiger charge is 2.10. The van der Waals surface area contributed by atoms with E-state index in [9.17, 15) is 9.50 Å². The number of hydrogen-bond donors (Lipinski definition) is 2. The second kappa shape index (κ2) is 6.04. The van der Waals surface area contributed by atoms with Crippen LogP contribution < -0.4 is 5.32 Å². The topological polar surface area (TPSA) is 32.3 Å². The third-order valence-corrected chi connectivity index (χ3v) is 3.20. The van der Waals surface area contributed by atoms with Gasteiger partial charge in [0.25, 0.3) is 0 Å². The van der Waals surface area contributed by atoms with Crippen LogP contribution in [0.2, 0.25) is 5.02 Å². The van der Waals surface area contributed by atoms with Crippen LogP contribution in [0.5, 0.6) is 0 Å². The van der Waals surface area contributed by atoms with E-state index in [-0.39, 0.29) is 12.4 Å². The lowest BCUT2D eigenvalue weighted by Gasteiger charge is -2.15. The number of para-hydroxylation sites is 1. The van der Waals surface area contributed by atoms with Crippen molar-refractivity contribution in [3.8, 4) is 0 Å².